The molecule has 8 heteroatoms. The molecule has 0 radical (unpaired) electrons. The summed E-state index contributed by atoms with van der Waals surface area (Å²) in [7, 11) is 0. The van der Waals surface area contributed by atoms with Gasteiger partial charge in [-0.05, 0) is 48.7 Å². The average Bonchev–Trinajstić information content (AvgIpc) is 2.70. The Bertz CT molecular complexity index is 935. The number of carbonyl (C=O) groups is 2. The van der Waals surface area contributed by atoms with E-state index in [2.05, 4.69) is 10.6 Å². The third kappa shape index (κ3) is 3.76. The second-order valence-electron chi connectivity index (χ2n) is 6.93. The molecule has 0 saturated carbocycles. The van der Waals surface area contributed by atoms with E-state index in [0.29, 0.717) is 48.6 Å². The fraction of sp³-hybridized carbons (Fsp3) is 0.300. The van der Waals surface area contributed by atoms with Crippen LogP contribution in [-0.4, -0.2) is 36.5 Å². The molecule has 28 heavy (non-hydrogen) atoms. The number of hydrogen-bond donors (Lipinski definition) is 2. The number of fused-ring (bicyclic) bond motifs is 1. The molecule has 2 N–H and O–H groups in total. The largest absolute Gasteiger partial charge is 0.482 e. The molecular weight excluding hydrogens is 368 g/mol. The minimum absolute atomic E-state index is 0.0720. The Labute approximate surface area is 160 Å². The number of likely N-dealkylation sites (tertiary alicyclic amines) is 1. The Kier molecular flexibility index (Phi) is 4.85. The number of halogens is 2. The van der Waals surface area contributed by atoms with Crippen molar-refractivity contribution < 1.29 is 23.1 Å². The van der Waals surface area contributed by atoms with E-state index < -0.39 is 11.6 Å². The fourth-order valence-electron chi connectivity index (χ4n) is 3.60. The zero-order valence-corrected chi connectivity index (χ0v) is 15.0. The quantitative estimate of drug-likeness (QED) is 0.825. The van der Waals surface area contributed by atoms with Gasteiger partial charge in [-0.1, -0.05) is 0 Å². The first-order valence-corrected chi connectivity index (χ1v) is 9.07. The first-order chi connectivity index (χ1) is 13.5. The first kappa shape index (κ1) is 18.2. The van der Waals surface area contributed by atoms with Crippen LogP contribution < -0.4 is 15.4 Å². The number of anilines is 2. The van der Waals surface area contributed by atoms with Crippen LogP contribution in [0.1, 0.15) is 24.3 Å². The molecule has 2 aromatic rings. The molecule has 0 aliphatic carbocycles. The Hall–Kier alpha value is -3.16. The van der Waals surface area contributed by atoms with Crippen LogP contribution in [0.5, 0.6) is 5.75 Å². The maximum absolute atomic E-state index is 14.1. The summed E-state index contributed by atoms with van der Waals surface area (Å²) < 4.78 is 32.9. The molecule has 3 amide bonds. The summed E-state index contributed by atoms with van der Waals surface area (Å²) in [5.74, 6) is -0.942. The van der Waals surface area contributed by atoms with Crippen LogP contribution >= 0.6 is 0 Å². The Morgan fingerprint density at radius 1 is 1.21 bits per heavy atom. The Morgan fingerprint density at radius 2 is 2.07 bits per heavy atom. The number of nitrogens with one attached hydrogen (secondary N) is 2. The van der Waals surface area contributed by atoms with Crippen LogP contribution in [0.25, 0.3) is 0 Å². The van der Waals surface area contributed by atoms with Gasteiger partial charge in [0.1, 0.15) is 17.4 Å². The lowest BCUT2D eigenvalue weighted by Gasteiger charge is -2.33. The number of benzene rings is 2. The summed E-state index contributed by atoms with van der Waals surface area (Å²) in [6, 6.07) is 8.06. The van der Waals surface area contributed by atoms with Gasteiger partial charge in [0.05, 0.1) is 5.69 Å². The molecule has 146 valence electrons. The fourth-order valence-corrected chi connectivity index (χ4v) is 3.60. The SMILES string of the molecule is O=C1COc2cc(NC(=O)N3CCC[C@@H](c4cc(F)ccc4F)C3)ccc2N1. The van der Waals surface area contributed by atoms with Crippen molar-refractivity contribution in [2.24, 2.45) is 0 Å². The average molecular weight is 387 g/mol. The number of hydrogen-bond acceptors (Lipinski definition) is 3. The summed E-state index contributed by atoms with van der Waals surface area (Å²) in [5, 5.41) is 5.48. The normalized spacial score (nSPS) is 18.7. The van der Waals surface area contributed by atoms with E-state index in [9.17, 15) is 18.4 Å². The second kappa shape index (κ2) is 7.46. The maximum atomic E-state index is 14.1. The topological polar surface area (TPSA) is 70.7 Å². The zero-order chi connectivity index (χ0) is 19.7. The number of ether oxygens (including phenoxy) is 1. The molecule has 0 spiro atoms. The summed E-state index contributed by atoms with van der Waals surface area (Å²) in [6.45, 7) is 0.776. The van der Waals surface area contributed by atoms with E-state index in [4.69, 9.17) is 4.74 Å². The smallest absolute Gasteiger partial charge is 0.321 e. The molecule has 4 rings (SSSR count). The summed E-state index contributed by atoms with van der Waals surface area (Å²) in [4.78, 5) is 25.6. The van der Waals surface area contributed by atoms with Gasteiger partial charge in [-0.15, -0.1) is 0 Å². The van der Waals surface area contributed by atoms with Crippen molar-refractivity contribution in [3.8, 4) is 5.75 Å². The van der Waals surface area contributed by atoms with Gasteiger partial charge in [-0.2, -0.15) is 0 Å². The van der Waals surface area contributed by atoms with E-state index in [-0.39, 0.29) is 24.5 Å². The van der Waals surface area contributed by atoms with Crippen LogP contribution in [0.15, 0.2) is 36.4 Å². The number of nitrogens with zero attached hydrogens (tertiary/aromatic N) is 1. The van der Waals surface area contributed by atoms with Crippen LogP contribution in [0.4, 0.5) is 25.0 Å². The predicted molar refractivity (Wildman–Crippen MR) is 99.5 cm³/mol. The minimum Gasteiger partial charge on any atom is -0.482 e. The summed E-state index contributed by atoms with van der Waals surface area (Å²) >= 11 is 0. The van der Waals surface area contributed by atoms with Gasteiger partial charge in [0.25, 0.3) is 5.91 Å². The highest BCUT2D eigenvalue weighted by Gasteiger charge is 2.27. The number of rotatable bonds is 2. The maximum Gasteiger partial charge on any atom is 0.321 e. The number of piperidine rings is 1. The van der Waals surface area contributed by atoms with Gasteiger partial charge in [0.2, 0.25) is 0 Å². The van der Waals surface area contributed by atoms with Crippen molar-refractivity contribution in [1.29, 1.82) is 0 Å². The van der Waals surface area contributed by atoms with Gasteiger partial charge in [0.15, 0.2) is 6.61 Å². The first-order valence-electron chi connectivity index (χ1n) is 9.07. The van der Waals surface area contributed by atoms with Gasteiger partial charge < -0.3 is 20.3 Å². The van der Waals surface area contributed by atoms with Crippen molar-refractivity contribution in [2.45, 2.75) is 18.8 Å². The molecule has 1 fully saturated rings. The van der Waals surface area contributed by atoms with Gasteiger partial charge in [-0.3, -0.25) is 4.79 Å². The van der Waals surface area contributed by atoms with Crippen molar-refractivity contribution in [2.75, 3.05) is 30.3 Å². The van der Waals surface area contributed by atoms with Crippen LogP contribution in [0.2, 0.25) is 0 Å². The molecule has 6 nitrogen and oxygen atoms in total. The lowest BCUT2D eigenvalue weighted by molar-refractivity contribution is -0.118. The van der Waals surface area contributed by atoms with E-state index in [1.54, 1.807) is 23.1 Å². The van der Waals surface area contributed by atoms with Crippen LogP contribution in [0.3, 0.4) is 0 Å². The molecule has 2 aromatic carbocycles. The van der Waals surface area contributed by atoms with Gasteiger partial charge in [-0.25, -0.2) is 13.6 Å². The lowest BCUT2D eigenvalue weighted by atomic mass is 9.90. The van der Waals surface area contributed by atoms with Crippen molar-refractivity contribution in [3.63, 3.8) is 0 Å². The molecule has 2 aliphatic rings. The standard InChI is InChI=1S/C20H19F2N3O3/c21-13-3-5-16(22)15(8-13)12-2-1-7-25(10-12)20(27)23-14-4-6-17-18(9-14)28-11-19(26)24-17/h3-6,8-9,12H,1-2,7,10-11H2,(H,23,27)(H,24,26)/t12-/m1/s1. The number of urea groups is 1. The molecular formula is C20H19F2N3O3. The number of amides is 3. The van der Waals surface area contributed by atoms with E-state index in [1.807, 2.05) is 0 Å². The highest BCUT2D eigenvalue weighted by molar-refractivity contribution is 5.96. The minimum atomic E-state index is -0.487. The predicted octanol–water partition coefficient (Wildman–Crippen LogP) is 3.71. The molecule has 2 aliphatic heterocycles. The molecule has 1 saturated heterocycles. The highest BCUT2D eigenvalue weighted by Crippen LogP contribution is 2.32. The van der Waals surface area contributed by atoms with E-state index >= 15 is 0 Å². The van der Waals surface area contributed by atoms with Crippen molar-refractivity contribution in [3.05, 3.63) is 53.6 Å². The third-order valence-corrected chi connectivity index (χ3v) is 4.97. The Balaban J connectivity index is 1.45. The molecule has 0 unspecified atom stereocenters. The highest BCUT2D eigenvalue weighted by atomic mass is 19.1. The molecule has 0 bridgehead atoms. The lowest BCUT2D eigenvalue weighted by Crippen LogP contribution is -2.41. The van der Waals surface area contributed by atoms with Gasteiger partial charge >= 0.3 is 6.03 Å². The van der Waals surface area contributed by atoms with Gasteiger partial charge in [0, 0.05) is 30.8 Å². The van der Waals surface area contributed by atoms with Crippen LogP contribution in [0, 0.1) is 11.6 Å². The molecule has 2 heterocycles. The second-order valence-corrected chi connectivity index (χ2v) is 6.93. The molecule has 1 atom stereocenters. The monoisotopic (exact) mass is 387 g/mol. The van der Waals surface area contributed by atoms with Crippen molar-refractivity contribution >= 4 is 23.3 Å². The van der Waals surface area contributed by atoms with Crippen molar-refractivity contribution in [1.82, 2.24) is 4.90 Å². The number of carbonyl (C=O) groups excluding carboxylic acids is 2. The Morgan fingerprint density at radius 3 is 2.93 bits per heavy atom. The van der Waals surface area contributed by atoms with E-state index in [1.165, 1.54) is 6.07 Å². The molecule has 0 aromatic heterocycles. The zero-order valence-electron chi connectivity index (χ0n) is 15.0. The van der Waals surface area contributed by atoms with Crippen LogP contribution in [-0.2, 0) is 4.79 Å². The summed E-state index contributed by atoms with van der Waals surface area (Å²) in [6.07, 6.45) is 1.39. The van der Waals surface area contributed by atoms with E-state index in [0.717, 1.165) is 12.1 Å². The third-order valence-electron chi connectivity index (χ3n) is 4.97. The summed E-state index contributed by atoms with van der Waals surface area (Å²) in [5.41, 5.74) is 1.38.